The van der Waals surface area contributed by atoms with E-state index in [-0.39, 0.29) is 48.8 Å². The molecule has 1 heterocycles. The lowest BCUT2D eigenvalue weighted by atomic mass is 9.55. The van der Waals surface area contributed by atoms with Crippen LogP contribution in [0.5, 0.6) is 17.2 Å². The van der Waals surface area contributed by atoms with E-state index in [2.05, 4.69) is 18.3 Å². The first kappa shape index (κ1) is 44.1. The monoisotopic (exact) mass is 843 g/mol. The molecule has 1 aliphatic heterocycles. The normalized spacial score (nSPS) is 25.3. The maximum absolute atomic E-state index is 13.4. The lowest BCUT2D eigenvalue weighted by Crippen LogP contribution is -2.45. The van der Waals surface area contributed by atoms with E-state index in [0.29, 0.717) is 99.1 Å². The zero-order valence-corrected chi connectivity index (χ0v) is 35.4. The fraction of sp³-hybridized carbons (Fsp3) is 0.628. The van der Waals surface area contributed by atoms with Crippen LogP contribution in [0.25, 0.3) is 0 Å². The maximum atomic E-state index is 13.4. The van der Waals surface area contributed by atoms with Crippen LogP contribution in [0.15, 0.2) is 36.4 Å². The number of esters is 3. The molecule has 1 N–H and O–H groups in total. The molecule has 13 nitrogen and oxygen atoms in total. The summed E-state index contributed by atoms with van der Waals surface area (Å²) in [5.74, 6) is 2.30. The van der Waals surface area contributed by atoms with Crippen LogP contribution in [0.3, 0.4) is 0 Å². The van der Waals surface area contributed by atoms with E-state index in [9.17, 15) is 19.2 Å². The van der Waals surface area contributed by atoms with E-state index in [1.54, 1.807) is 18.2 Å². The van der Waals surface area contributed by atoms with Crippen molar-refractivity contribution in [1.29, 1.82) is 0 Å². The number of aryl methyl sites for hydroxylation is 1. The summed E-state index contributed by atoms with van der Waals surface area (Å²) in [5, 5.41) is 2.15. The van der Waals surface area contributed by atoms with Crippen molar-refractivity contribution in [3.8, 4) is 17.2 Å². The second-order valence-electron chi connectivity index (χ2n) is 15.4. The Bertz CT molecular complexity index is 1730. The van der Waals surface area contributed by atoms with Crippen molar-refractivity contribution in [3.63, 3.8) is 0 Å². The zero-order valence-electron chi connectivity index (χ0n) is 33.8. The van der Waals surface area contributed by atoms with Crippen LogP contribution in [0.1, 0.15) is 82.3 Å². The average Bonchev–Trinajstić information content (AvgIpc) is 3.53. The number of methoxy groups -OCH3 is 1. The minimum Gasteiger partial charge on any atom is -0.487 e. The third kappa shape index (κ3) is 11.8. The van der Waals surface area contributed by atoms with Crippen LogP contribution in [0.2, 0.25) is 0 Å². The first-order chi connectivity index (χ1) is 28.1. The lowest BCUT2D eigenvalue weighted by Gasteiger charge is -2.50. The minimum atomic E-state index is -0.746. The van der Waals surface area contributed by atoms with Gasteiger partial charge in [-0.25, -0.2) is 0 Å². The van der Waals surface area contributed by atoms with Gasteiger partial charge in [0.25, 0.3) is 0 Å². The summed E-state index contributed by atoms with van der Waals surface area (Å²) in [7, 11) is 3.97. The lowest BCUT2D eigenvalue weighted by molar-refractivity contribution is -0.154. The molecule has 15 heteroatoms. The van der Waals surface area contributed by atoms with Gasteiger partial charge in [-0.05, 0) is 98.1 Å². The smallest absolute Gasteiger partial charge is 0.311 e. The van der Waals surface area contributed by atoms with Gasteiger partial charge in [0.2, 0.25) is 5.91 Å². The molecule has 0 saturated heterocycles. The summed E-state index contributed by atoms with van der Waals surface area (Å²) < 4.78 is 44.8. The van der Waals surface area contributed by atoms with Gasteiger partial charge in [0, 0.05) is 36.3 Å². The summed E-state index contributed by atoms with van der Waals surface area (Å²) >= 11 is 0. The van der Waals surface area contributed by atoms with Gasteiger partial charge >= 0.3 is 17.9 Å². The molecule has 0 aromatic heterocycles. The number of benzene rings is 2. The Morgan fingerprint density at radius 1 is 0.862 bits per heavy atom. The number of hydrogen-bond acceptors (Lipinski definition) is 14. The number of amides is 1. The Balaban J connectivity index is 0.962. The Labute approximate surface area is 349 Å². The summed E-state index contributed by atoms with van der Waals surface area (Å²) in [5.41, 5.74) is 3.14. The third-order valence-corrected chi connectivity index (χ3v) is 14.6. The number of carbonyl (C=O) groups is 4. The highest BCUT2D eigenvalue weighted by Gasteiger charge is 2.56. The van der Waals surface area contributed by atoms with Crippen LogP contribution in [-0.4, -0.2) is 101 Å². The molecule has 1 amide bonds. The van der Waals surface area contributed by atoms with Gasteiger partial charge in [-0.1, -0.05) is 34.6 Å². The Morgan fingerprint density at radius 3 is 2.31 bits per heavy atom. The quantitative estimate of drug-likeness (QED) is 0.102. The van der Waals surface area contributed by atoms with E-state index < -0.39 is 11.2 Å². The largest absolute Gasteiger partial charge is 0.487 e. The highest BCUT2D eigenvalue weighted by molar-refractivity contribution is 8.77. The fourth-order valence-corrected chi connectivity index (χ4v) is 11.4. The molecular weight excluding hydrogens is 787 g/mol. The van der Waals surface area contributed by atoms with E-state index in [0.717, 1.165) is 38.5 Å². The summed E-state index contributed by atoms with van der Waals surface area (Å²) in [6.07, 6.45) is 6.83. The first-order valence-electron chi connectivity index (χ1n) is 20.4. The minimum absolute atomic E-state index is 0.0120. The molecule has 318 valence electrons. The topological polar surface area (TPSA) is 154 Å². The predicted molar refractivity (Wildman–Crippen MR) is 220 cm³/mol. The number of fused-ring (bicyclic) bond motifs is 6. The van der Waals surface area contributed by atoms with Crippen molar-refractivity contribution in [1.82, 2.24) is 0 Å². The van der Waals surface area contributed by atoms with Gasteiger partial charge < -0.3 is 43.2 Å². The van der Waals surface area contributed by atoms with Crippen LogP contribution >= 0.6 is 21.6 Å². The highest BCUT2D eigenvalue weighted by Crippen LogP contribution is 2.61. The van der Waals surface area contributed by atoms with Gasteiger partial charge in [-0.2, -0.15) is 0 Å². The zero-order chi connectivity index (χ0) is 40.9. The second-order valence-corrected chi connectivity index (χ2v) is 18.1. The van der Waals surface area contributed by atoms with E-state index in [4.69, 9.17) is 37.9 Å². The van der Waals surface area contributed by atoms with Crippen molar-refractivity contribution < 1.29 is 57.1 Å². The van der Waals surface area contributed by atoms with Crippen LogP contribution in [0.4, 0.5) is 5.69 Å². The molecule has 2 fully saturated rings. The molecule has 6 rings (SSSR count). The second kappa shape index (κ2) is 21.7. The standard InChI is InChI=1S/C43H57NO12S2/c1-28(45)55-39-13-11-35-34-9-6-29-25-31(8-10-32(29)33(34)14-15-43(35,39)2)56-40(46)5-4-24-57-58-38(27-41(47)49-3)42(48)44-30-7-12-36-37(26-30)54-23-21-52-19-17-50-16-18-51-20-22-53-36/h7-8,10,12,25-26,33-35,38-39H,4-6,9,11,13-24,27H2,1-3H3,(H,44,48)/t33-,34-,35+,38?,39+,43+/m1/s1. The van der Waals surface area contributed by atoms with Gasteiger partial charge in [-0.3, -0.25) is 19.2 Å². The average molecular weight is 844 g/mol. The Hall–Kier alpha value is -3.50. The van der Waals surface area contributed by atoms with Crippen molar-refractivity contribution in [3.05, 3.63) is 47.5 Å². The van der Waals surface area contributed by atoms with Gasteiger partial charge in [-0.15, -0.1) is 0 Å². The van der Waals surface area contributed by atoms with Crippen LogP contribution in [0, 0.1) is 17.3 Å². The van der Waals surface area contributed by atoms with Crippen molar-refractivity contribution >= 4 is 51.1 Å². The van der Waals surface area contributed by atoms with Gasteiger partial charge in [0.05, 0.1) is 53.2 Å². The molecule has 6 atom stereocenters. The molecule has 0 spiro atoms. The van der Waals surface area contributed by atoms with Crippen molar-refractivity contribution in [2.45, 2.75) is 88.9 Å². The number of nitrogens with one attached hydrogen (secondary N) is 1. The Morgan fingerprint density at radius 2 is 1.59 bits per heavy atom. The SMILES string of the molecule is COC(=O)CC(SSCCCC(=O)Oc1ccc2c(c1)CC[C@@H]1[C@@H]2CC[C@]2(C)[C@@H](OC(C)=O)CC[C@@H]12)C(=O)Nc1ccc2c(c1)OCCOCCOCCOCCO2. The number of rotatable bonds is 12. The van der Waals surface area contributed by atoms with Gasteiger partial charge in [0.1, 0.15) is 30.3 Å². The van der Waals surface area contributed by atoms with Crippen LogP contribution < -0.4 is 19.5 Å². The third-order valence-electron chi connectivity index (χ3n) is 11.7. The van der Waals surface area contributed by atoms with Gasteiger partial charge in [0.15, 0.2) is 11.5 Å². The van der Waals surface area contributed by atoms with E-state index in [1.807, 2.05) is 12.1 Å². The first-order valence-corrected chi connectivity index (χ1v) is 22.8. The van der Waals surface area contributed by atoms with Crippen molar-refractivity contribution in [2.75, 3.05) is 71.0 Å². The van der Waals surface area contributed by atoms with E-state index >= 15 is 0 Å². The number of ether oxygens (including phenoxy) is 8. The summed E-state index contributed by atoms with van der Waals surface area (Å²) in [6, 6.07) is 11.2. The summed E-state index contributed by atoms with van der Waals surface area (Å²) in [4.78, 5) is 50.4. The number of hydrogen-bond donors (Lipinski definition) is 1. The van der Waals surface area contributed by atoms with Crippen molar-refractivity contribution in [2.24, 2.45) is 17.3 Å². The highest BCUT2D eigenvalue weighted by atomic mass is 33.1. The number of carbonyl (C=O) groups excluding carboxylic acids is 4. The predicted octanol–water partition coefficient (Wildman–Crippen LogP) is 6.93. The summed E-state index contributed by atoms with van der Waals surface area (Å²) in [6.45, 7) is 6.96. The molecule has 2 aromatic rings. The molecule has 3 aliphatic carbocycles. The van der Waals surface area contributed by atoms with Crippen LogP contribution in [-0.2, 0) is 49.3 Å². The molecule has 2 saturated carbocycles. The molecule has 0 bridgehead atoms. The maximum Gasteiger partial charge on any atom is 0.311 e. The van der Waals surface area contributed by atoms with E-state index in [1.165, 1.54) is 46.7 Å². The molecule has 4 aliphatic rings. The molecule has 2 aromatic carbocycles. The molecule has 1 unspecified atom stereocenters. The number of anilines is 1. The molecular formula is C43H57NO12S2. The molecule has 0 radical (unpaired) electrons. The Kier molecular flexibility index (Phi) is 16.5. The molecule has 58 heavy (non-hydrogen) atoms. The fourth-order valence-electron chi connectivity index (χ4n) is 8.96.